The van der Waals surface area contributed by atoms with Crippen LogP contribution in [0.5, 0.6) is 0 Å². The van der Waals surface area contributed by atoms with Crippen LogP contribution in [0.25, 0.3) is 0 Å². The van der Waals surface area contributed by atoms with Crippen LogP contribution in [0.3, 0.4) is 0 Å². The van der Waals surface area contributed by atoms with Gasteiger partial charge in [0.15, 0.2) is 0 Å². The highest BCUT2D eigenvalue weighted by atomic mass is 32.2. The molecule has 0 aromatic rings. The first-order valence-corrected chi connectivity index (χ1v) is 10.0. The van der Waals surface area contributed by atoms with Crippen molar-refractivity contribution in [3.63, 3.8) is 0 Å². The van der Waals surface area contributed by atoms with Crippen molar-refractivity contribution in [1.29, 1.82) is 0 Å². The van der Waals surface area contributed by atoms with Gasteiger partial charge >= 0.3 is 0 Å². The monoisotopic (exact) mass is 310 g/mol. The van der Waals surface area contributed by atoms with Gasteiger partial charge in [-0.05, 0) is 43.8 Å². The summed E-state index contributed by atoms with van der Waals surface area (Å²) in [6, 6.07) is 0.507. The molecule has 2 aliphatic carbocycles. The van der Waals surface area contributed by atoms with E-state index in [-0.39, 0.29) is 6.04 Å². The van der Waals surface area contributed by atoms with E-state index in [9.17, 15) is 4.79 Å². The summed E-state index contributed by atoms with van der Waals surface area (Å²) in [6.45, 7) is 4.34. The molecule has 0 radical (unpaired) electrons. The zero-order valence-electron chi connectivity index (χ0n) is 13.7. The summed E-state index contributed by atoms with van der Waals surface area (Å²) in [5.41, 5.74) is 0. The average Bonchev–Trinajstić information content (AvgIpc) is 3.16. The van der Waals surface area contributed by atoms with Gasteiger partial charge in [-0.1, -0.05) is 33.1 Å². The summed E-state index contributed by atoms with van der Waals surface area (Å²) in [6.07, 6.45) is 11.6. The van der Waals surface area contributed by atoms with Crippen molar-refractivity contribution >= 4 is 17.7 Å². The normalized spacial score (nSPS) is 38.1. The number of hydrogen-bond acceptors (Lipinski definition) is 3. The maximum atomic E-state index is 13.0. The lowest BCUT2D eigenvalue weighted by Crippen LogP contribution is -2.50. The number of amides is 1. The Kier molecular flexibility index (Phi) is 4.84. The fourth-order valence-corrected chi connectivity index (χ4v) is 5.60. The third kappa shape index (κ3) is 2.86. The number of hydrogen-bond donors (Lipinski definition) is 1. The lowest BCUT2D eigenvalue weighted by Gasteiger charge is -2.36. The highest BCUT2D eigenvalue weighted by Crippen LogP contribution is 2.39. The van der Waals surface area contributed by atoms with Gasteiger partial charge in [-0.2, -0.15) is 11.8 Å². The van der Waals surface area contributed by atoms with Crippen LogP contribution >= 0.6 is 11.8 Å². The van der Waals surface area contributed by atoms with Gasteiger partial charge in [-0.15, -0.1) is 0 Å². The minimum atomic E-state index is 0.0405. The third-order valence-corrected chi connectivity index (χ3v) is 6.92. The average molecular weight is 311 g/mol. The van der Waals surface area contributed by atoms with E-state index < -0.39 is 0 Å². The van der Waals surface area contributed by atoms with E-state index in [1.165, 1.54) is 44.9 Å². The van der Waals surface area contributed by atoms with Crippen LogP contribution in [-0.4, -0.2) is 40.6 Å². The van der Waals surface area contributed by atoms with Gasteiger partial charge in [0.2, 0.25) is 5.91 Å². The molecule has 0 bridgehead atoms. The molecule has 3 aliphatic rings. The maximum absolute atomic E-state index is 13.0. The molecule has 4 atom stereocenters. The first-order chi connectivity index (χ1) is 10.1. The lowest BCUT2D eigenvalue weighted by molar-refractivity contribution is -0.133. The Morgan fingerprint density at radius 3 is 2.48 bits per heavy atom. The minimum absolute atomic E-state index is 0.0405. The molecule has 1 amide bonds. The molecule has 4 heteroatoms. The molecule has 2 saturated carbocycles. The summed E-state index contributed by atoms with van der Waals surface area (Å²) in [5, 5.41) is 4.36. The number of rotatable bonds is 4. The molecule has 1 heterocycles. The second-order valence-electron chi connectivity index (χ2n) is 7.40. The molecule has 21 heavy (non-hydrogen) atoms. The van der Waals surface area contributed by atoms with E-state index in [1.54, 1.807) is 0 Å². The van der Waals surface area contributed by atoms with Crippen molar-refractivity contribution in [3.05, 3.63) is 0 Å². The molecule has 120 valence electrons. The Hall–Kier alpha value is -0.220. The van der Waals surface area contributed by atoms with Crippen molar-refractivity contribution in [3.8, 4) is 0 Å². The Balaban J connectivity index is 1.83. The molecular weight excluding hydrogens is 280 g/mol. The Morgan fingerprint density at radius 2 is 1.86 bits per heavy atom. The first kappa shape index (κ1) is 15.7. The van der Waals surface area contributed by atoms with Crippen molar-refractivity contribution in [1.82, 2.24) is 10.2 Å². The largest absolute Gasteiger partial charge is 0.321 e. The summed E-state index contributed by atoms with van der Waals surface area (Å²) >= 11 is 1.96. The summed E-state index contributed by atoms with van der Waals surface area (Å²) in [5.74, 6) is 1.45. The molecule has 0 aromatic heterocycles. The summed E-state index contributed by atoms with van der Waals surface area (Å²) in [7, 11) is 0. The standard InChI is InChI=1S/C17H30N2OS/c1-11(2)15-17(20)19(13-9-6-10-14(13)21-3)16(18-15)12-7-4-5-8-12/h11-16,18H,4-10H2,1-3H3. The van der Waals surface area contributed by atoms with Crippen molar-refractivity contribution in [2.45, 2.75) is 82.3 Å². The van der Waals surface area contributed by atoms with E-state index in [2.05, 4.69) is 30.3 Å². The fourth-order valence-electron chi connectivity index (χ4n) is 4.62. The van der Waals surface area contributed by atoms with Crippen LogP contribution in [0.2, 0.25) is 0 Å². The summed E-state index contributed by atoms with van der Waals surface area (Å²) in [4.78, 5) is 15.3. The topological polar surface area (TPSA) is 32.3 Å². The quantitative estimate of drug-likeness (QED) is 0.865. The highest BCUT2D eigenvalue weighted by Gasteiger charge is 2.49. The SMILES string of the molecule is CSC1CCCC1N1C(=O)C(C(C)C)NC1C1CCCC1. The zero-order valence-corrected chi connectivity index (χ0v) is 14.5. The molecule has 0 spiro atoms. The maximum Gasteiger partial charge on any atom is 0.241 e. The highest BCUT2D eigenvalue weighted by molar-refractivity contribution is 7.99. The van der Waals surface area contributed by atoms with Crippen LogP contribution in [0.15, 0.2) is 0 Å². The molecule has 3 fully saturated rings. The van der Waals surface area contributed by atoms with Crippen LogP contribution < -0.4 is 5.32 Å². The van der Waals surface area contributed by atoms with E-state index >= 15 is 0 Å². The lowest BCUT2D eigenvalue weighted by atomic mass is 10.0. The molecule has 1 aliphatic heterocycles. The first-order valence-electron chi connectivity index (χ1n) is 8.74. The van der Waals surface area contributed by atoms with Gasteiger partial charge in [0.25, 0.3) is 0 Å². The van der Waals surface area contributed by atoms with Gasteiger partial charge in [-0.25, -0.2) is 0 Å². The third-order valence-electron chi connectivity index (χ3n) is 5.76. The van der Waals surface area contributed by atoms with Crippen LogP contribution in [0, 0.1) is 11.8 Å². The second kappa shape index (κ2) is 6.49. The molecule has 1 saturated heterocycles. The van der Waals surface area contributed by atoms with Crippen LogP contribution in [0.4, 0.5) is 0 Å². The Labute approximate surface area is 133 Å². The predicted molar refractivity (Wildman–Crippen MR) is 89.3 cm³/mol. The van der Waals surface area contributed by atoms with Gasteiger partial charge < -0.3 is 4.90 Å². The Bertz CT molecular complexity index is 381. The number of carbonyl (C=O) groups is 1. The van der Waals surface area contributed by atoms with E-state index in [0.717, 1.165) is 0 Å². The predicted octanol–water partition coefficient (Wildman–Crippen LogP) is 3.24. The second-order valence-corrected chi connectivity index (χ2v) is 8.47. The van der Waals surface area contributed by atoms with Crippen molar-refractivity contribution in [2.75, 3.05) is 6.26 Å². The van der Waals surface area contributed by atoms with E-state index in [4.69, 9.17) is 0 Å². The molecule has 4 unspecified atom stereocenters. The molecule has 1 N–H and O–H groups in total. The van der Waals surface area contributed by atoms with Crippen molar-refractivity contribution in [2.24, 2.45) is 11.8 Å². The van der Waals surface area contributed by atoms with Crippen molar-refractivity contribution < 1.29 is 4.79 Å². The molecule has 0 aromatic carbocycles. The minimum Gasteiger partial charge on any atom is -0.321 e. The fraction of sp³-hybridized carbons (Fsp3) is 0.941. The molecular formula is C17H30N2OS. The Morgan fingerprint density at radius 1 is 1.14 bits per heavy atom. The number of nitrogens with zero attached hydrogens (tertiary/aromatic N) is 1. The van der Waals surface area contributed by atoms with Gasteiger partial charge in [-0.3, -0.25) is 10.1 Å². The van der Waals surface area contributed by atoms with E-state index in [0.29, 0.717) is 35.2 Å². The van der Waals surface area contributed by atoms with Crippen LogP contribution in [-0.2, 0) is 4.79 Å². The molecule has 3 rings (SSSR count). The number of carbonyl (C=O) groups excluding carboxylic acids is 1. The van der Waals surface area contributed by atoms with Gasteiger partial charge in [0.05, 0.1) is 12.2 Å². The summed E-state index contributed by atoms with van der Waals surface area (Å²) < 4.78 is 0. The molecule has 3 nitrogen and oxygen atoms in total. The van der Waals surface area contributed by atoms with E-state index in [1.807, 2.05) is 11.8 Å². The van der Waals surface area contributed by atoms with Gasteiger partial charge in [0.1, 0.15) is 0 Å². The zero-order chi connectivity index (χ0) is 15.0. The number of nitrogens with one attached hydrogen (secondary N) is 1. The number of thioether (sulfide) groups is 1. The van der Waals surface area contributed by atoms with Crippen LogP contribution in [0.1, 0.15) is 58.8 Å². The van der Waals surface area contributed by atoms with Gasteiger partial charge in [0, 0.05) is 11.3 Å². The smallest absolute Gasteiger partial charge is 0.241 e.